The number of hydrogen-bond donors (Lipinski definition) is 0. The van der Waals surface area contributed by atoms with E-state index < -0.39 is 0 Å². The molecule has 0 atom stereocenters. The van der Waals surface area contributed by atoms with Crippen molar-refractivity contribution >= 4 is 10.8 Å². The summed E-state index contributed by atoms with van der Waals surface area (Å²) in [4.78, 5) is 0. The molecule has 3 aromatic rings. The molecule has 1 aliphatic heterocycles. The van der Waals surface area contributed by atoms with Gasteiger partial charge < -0.3 is 4.74 Å². The Morgan fingerprint density at radius 1 is 1.09 bits per heavy atom. The molecule has 0 unspecified atom stereocenters. The maximum Gasteiger partial charge on any atom is 0.256 e. The molecule has 0 amide bonds. The molecule has 1 saturated carbocycles. The topological polar surface area (TPSA) is 13.1 Å². The van der Waals surface area contributed by atoms with Crippen molar-refractivity contribution in [3.05, 3.63) is 52.7 Å². The van der Waals surface area contributed by atoms with Crippen LogP contribution < -0.4 is 9.30 Å². The van der Waals surface area contributed by atoms with Gasteiger partial charge in [0.2, 0.25) is 5.75 Å². The first kappa shape index (κ1) is 21.5. The van der Waals surface area contributed by atoms with Crippen molar-refractivity contribution in [2.24, 2.45) is 18.4 Å². The number of rotatable bonds is 3. The molecule has 0 saturated heterocycles. The fourth-order valence-corrected chi connectivity index (χ4v) is 5.95. The van der Waals surface area contributed by atoms with Crippen molar-refractivity contribution in [2.75, 3.05) is 0 Å². The predicted octanol–water partition coefficient (Wildman–Crippen LogP) is 7.94. The van der Waals surface area contributed by atoms with Crippen LogP contribution in [0.1, 0.15) is 81.5 Å². The largest absolute Gasteiger partial charge is 0.449 e. The Balaban J connectivity index is 1.73. The summed E-state index contributed by atoms with van der Waals surface area (Å²) in [5, 5.41) is 2.59. The minimum Gasteiger partial charge on any atom is -0.449 e. The second-order valence-electron chi connectivity index (χ2n) is 11.6. The minimum absolute atomic E-state index is 0.467. The molecular formula is C30H38NO+. The highest BCUT2D eigenvalue weighted by molar-refractivity contribution is 6.05. The van der Waals surface area contributed by atoms with Crippen LogP contribution in [-0.2, 0) is 13.5 Å². The van der Waals surface area contributed by atoms with Crippen molar-refractivity contribution in [1.29, 1.82) is 0 Å². The van der Waals surface area contributed by atoms with Crippen LogP contribution in [0.5, 0.6) is 11.5 Å². The molecule has 0 bridgehead atoms. The summed E-state index contributed by atoms with van der Waals surface area (Å²) in [7, 11) is 2.17. The summed E-state index contributed by atoms with van der Waals surface area (Å²) in [6.07, 6.45) is 8.40. The second kappa shape index (κ2) is 7.61. The molecular weight excluding hydrogens is 390 g/mol. The van der Waals surface area contributed by atoms with Gasteiger partial charge in [0.25, 0.3) is 5.69 Å². The lowest BCUT2D eigenvalue weighted by Gasteiger charge is -2.35. The lowest BCUT2D eigenvalue weighted by Crippen LogP contribution is -2.33. The zero-order valence-electron chi connectivity index (χ0n) is 20.9. The third kappa shape index (κ3) is 3.52. The van der Waals surface area contributed by atoms with Crippen LogP contribution in [0, 0.1) is 25.2 Å². The van der Waals surface area contributed by atoms with E-state index in [1.54, 1.807) is 0 Å². The van der Waals surface area contributed by atoms with Crippen LogP contribution in [0.4, 0.5) is 0 Å². The first-order chi connectivity index (χ1) is 15.1. The van der Waals surface area contributed by atoms with Crippen molar-refractivity contribution in [2.45, 2.75) is 79.6 Å². The van der Waals surface area contributed by atoms with Crippen molar-refractivity contribution in [1.82, 2.24) is 0 Å². The van der Waals surface area contributed by atoms with Crippen molar-refractivity contribution < 1.29 is 9.30 Å². The Morgan fingerprint density at radius 2 is 1.81 bits per heavy atom. The summed E-state index contributed by atoms with van der Waals surface area (Å²) in [6, 6.07) is 9.37. The normalized spacial score (nSPS) is 17.5. The third-order valence-corrected chi connectivity index (χ3v) is 7.96. The Bertz CT molecular complexity index is 1210. The number of ether oxygens (including phenoxy) is 1. The van der Waals surface area contributed by atoms with Crippen LogP contribution in [0.2, 0.25) is 0 Å². The molecule has 32 heavy (non-hydrogen) atoms. The van der Waals surface area contributed by atoms with Crippen LogP contribution in [0.25, 0.3) is 22.0 Å². The number of nitrogens with zero attached hydrogens (tertiary/aromatic N) is 1. The van der Waals surface area contributed by atoms with Crippen LogP contribution in [0.15, 0.2) is 30.5 Å². The highest BCUT2D eigenvalue weighted by Crippen LogP contribution is 2.52. The molecule has 1 fully saturated rings. The zero-order chi connectivity index (χ0) is 22.8. The van der Waals surface area contributed by atoms with Crippen molar-refractivity contribution in [3.8, 4) is 22.8 Å². The lowest BCUT2D eigenvalue weighted by molar-refractivity contribution is -0.660. The number of aromatic nitrogens is 1. The smallest absolute Gasteiger partial charge is 0.256 e. The van der Waals surface area contributed by atoms with E-state index in [0.29, 0.717) is 17.3 Å². The molecule has 5 rings (SSSR count). The Kier molecular flexibility index (Phi) is 5.11. The fraction of sp³-hybridized carbons (Fsp3) is 0.500. The van der Waals surface area contributed by atoms with Gasteiger partial charge in [-0.1, -0.05) is 39.8 Å². The number of benzene rings is 2. The first-order valence-electron chi connectivity index (χ1n) is 12.4. The number of pyridine rings is 1. The average molecular weight is 429 g/mol. The molecule has 0 spiro atoms. The van der Waals surface area contributed by atoms with Crippen LogP contribution in [0.3, 0.4) is 0 Å². The van der Waals surface area contributed by atoms with E-state index in [4.69, 9.17) is 4.74 Å². The van der Waals surface area contributed by atoms with Gasteiger partial charge >= 0.3 is 0 Å². The van der Waals surface area contributed by atoms with E-state index in [1.165, 1.54) is 70.0 Å². The molecule has 2 aromatic carbocycles. The Morgan fingerprint density at radius 3 is 2.50 bits per heavy atom. The van der Waals surface area contributed by atoms with Gasteiger partial charge in [-0.05, 0) is 91.3 Å². The van der Waals surface area contributed by atoms with Gasteiger partial charge in [0.1, 0.15) is 12.8 Å². The molecule has 2 aliphatic rings. The molecule has 2 heterocycles. The summed E-state index contributed by atoms with van der Waals surface area (Å²) < 4.78 is 9.14. The summed E-state index contributed by atoms with van der Waals surface area (Å²) in [5.41, 5.74) is 8.60. The van der Waals surface area contributed by atoms with E-state index in [0.717, 1.165) is 17.9 Å². The maximum absolute atomic E-state index is 6.86. The fourth-order valence-electron chi connectivity index (χ4n) is 5.95. The lowest BCUT2D eigenvalue weighted by atomic mass is 9.71. The van der Waals surface area contributed by atoms with E-state index in [1.807, 2.05) is 0 Å². The number of hydrogen-bond acceptors (Lipinski definition) is 1. The van der Waals surface area contributed by atoms with E-state index in [2.05, 4.69) is 83.6 Å². The number of fused-ring (bicyclic) bond motifs is 2. The predicted molar refractivity (Wildman–Crippen MR) is 134 cm³/mol. The highest BCUT2D eigenvalue weighted by Gasteiger charge is 2.36. The van der Waals surface area contributed by atoms with E-state index in [9.17, 15) is 0 Å². The monoisotopic (exact) mass is 428 g/mol. The molecule has 0 N–H and O–H groups in total. The van der Waals surface area contributed by atoms with Gasteiger partial charge in [0, 0.05) is 17.0 Å². The number of aryl methyl sites for hydroxylation is 2. The van der Waals surface area contributed by atoms with Gasteiger partial charge in [-0.2, -0.15) is 4.57 Å². The third-order valence-electron chi connectivity index (χ3n) is 7.96. The van der Waals surface area contributed by atoms with Gasteiger partial charge in [0.15, 0.2) is 6.20 Å². The summed E-state index contributed by atoms with van der Waals surface area (Å²) >= 11 is 0. The SMILES string of the molecule is Cc1cc2cc(CC(C)C)cc3c2c(c1C)-c1c(c(C2CCC(C)(C)CC2)cc[n+]1C)O3. The zero-order valence-corrected chi connectivity index (χ0v) is 20.9. The maximum atomic E-state index is 6.86. The Hall–Kier alpha value is -2.35. The van der Waals surface area contributed by atoms with Gasteiger partial charge in [-0.3, -0.25) is 0 Å². The van der Waals surface area contributed by atoms with Gasteiger partial charge in [-0.25, -0.2) is 0 Å². The summed E-state index contributed by atoms with van der Waals surface area (Å²) in [6.45, 7) is 13.9. The van der Waals surface area contributed by atoms with E-state index >= 15 is 0 Å². The van der Waals surface area contributed by atoms with E-state index in [-0.39, 0.29) is 0 Å². The molecule has 1 aromatic heterocycles. The van der Waals surface area contributed by atoms with Crippen molar-refractivity contribution in [3.63, 3.8) is 0 Å². The summed E-state index contributed by atoms with van der Waals surface area (Å²) in [5.74, 6) is 3.36. The molecule has 0 radical (unpaired) electrons. The molecule has 1 aliphatic carbocycles. The molecule has 2 heteroatoms. The molecule has 2 nitrogen and oxygen atoms in total. The second-order valence-corrected chi connectivity index (χ2v) is 11.6. The van der Waals surface area contributed by atoms with Crippen LogP contribution >= 0.6 is 0 Å². The first-order valence-corrected chi connectivity index (χ1v) is 12.4. The van der Waals surface area contributed by atoms with Gasteiger partial charge in [0.05, 0.1) is 5.56 Å². The standard InChI is InChI=1S/C30H38NO/c1-18(2)14-21-16-23-15-19(3)20(4)26-27(23)25(17-21)32-29-24(10-13-31(7)28(26)29)22-8-11-30(5,6)12-9-22/h10,13,15-18,22H,8-9,11-12,14H2,1-7H3/q+1. The quantitative estimate of drug-likeness (QED) is 0.302. The highest BCUT2D eigenvalue weighted by atomic mass is 16.5. The van der Waals surface area contributed by atoms with Gasteiger partial charge in [-0.15, -0.1) is 0 Å². The van der Waals surface area contributed by atoms with Crippen LogP contribution in [-0.4, -0.2) is 0 Å². The average Bonchev–Trinajstić information content (AvgIpc) is 2.71. The Labute approximate surface area is 193 Å². The molecule has 168 valence electrons. The minimum atomic E-state index is 0.467.